The summed E-state index contributed by atoms with van der Waals surface area (Å²) in [6.45, 7) is 0.744. The van der Waals surface area contributed by atoms with E-state index in [-0.39, 0.29) is 11.9 Å². The molecule has 1 N–H and O–H groups in total. The fourth-order valence-electron chi connectivity index (χ4n) is 4.26. The number of ether oxygens (including phenoxy) is 3. The molecule has 32 heavy (non-hydrogen) atoms. The van der Waals surface area contributed by atoms with Gasteiger partial charge in [-0.05, 0) is 55.2 Å². The summed E-state index contributed by atoms with van der Waals surface area (Å²) in [5.41, 5.74) is 2.89. The number of hydrogen-bond donors (Lipinski definition) is 1. The number of rotatable bonds is 8. The van der Waals surface area contributed by atoms with Gasteiger partial charge in [0, 0.05) is 18.5 Å². The van der Waals surface area contributed by atoms with Gasteiger partial charge in [0.2, 0.25) is 5.91 Å². The van der Waals surface area contributed by atoms with Crippen molar-refractivity contribution in [1.29, 1.82) is 0 Å². The molecule has 4 rings (SSSR count). The third kappa shape index (κ3) is 4.56. The zero-order valence-corrected chi connectivity index (χ0v) is 18.8. The number of aromatic amines is 1. The number of carbonyl (C=O) groups is 1. The van der Waals surface area contributed by atoms with Crippen LogP contribution < -0.4 is 14.2 Å². The maximum atomic E-state index is 13.1. The van der Waals surface area contributed by atoms with Crippen molar-refractivity contribution in [3.05, 3.63) is 60.0 Å². The lowest BCUT2D eigenvalue weighted by molar-refractivity contribution is -0.132. The van der Waals surface area contributed by atoms with Crippen LogP contribution in [0.3, 0.4) is 0 Å². The molecule has 2 aromatic carbocycles. The molecule has 0 bridgehead atoms. The molecule has 1 atom stereocenters. The van der Waals surface area contributed by atoms with Crippen molar-refractivity contribution >= 4 is 5.91 Å². The second kappa shape index (κ2) is 9.77. The van der Waals surface area contributed by atoms with Gasteiger partial charge in [-0.25, -0.2) is 4.98 Å². The quantitative estimate of drug-likeness (QED) is 0.568. The van der Waals surface area contributed by atoms with E-state index in [1.807, 2.05) is 53.6 Å². The Morgan fingerprint density at radius 1 is 1.09 bits per heavy atom. The van der Waals surface area contributed by atoms with Crippen molar-refractivity contribution in [1.82, 2.24) is 14.9 Å². The molecule has 0 aliphatic carbocycles. The molecule has 7 heteroatoms. The minimum atomic E-state index is -0.0333. The number of imidazole rings is 1. The number of amides is 1. The van der Waals surface area contributed by atoms with Gasteiger partial charge in [0.15, 0.2) is 0 Å². The van der Waals surface area contributed by atoms with Gasteiger partial charge in [0.05, 0.1) is 39.3 Å². The van der Waals surface area contributed by atoms with E-state index in [9.17, 15) is 4.79 Å². The molecule has 1 fully saturated rings. The summed E-state index contributed by atoms with van der Waals surface area (Å²) in [6, 6.07) is 13.5. The van der Waals surface area contributed by atoms with Crippen LogP contribution in [0.1, 0.15) is 36.7 Å². The number of nitrogens with zero attached hydrogens (tertiary/aromatic N) is 2. The zero-order chi connectivity index (χ0) is 22.5. The molecule has 168 valence electrons. The zero-order valence-electron chi connectivity index (χ0n) is 18.8. The molecule has 1 unspecified atom stereocenters. The van der Waals surface area contributed by atoms with Crippen LogP contribution >= 0.6 is 0 Å². The van der Waals surface area contributed by atoms with Crippen molar-refractivity contribution in [3.8, 4) is 28.5 Å². The highest BCUT2D eigenvalue weighted by Crippen LogP contribution is 2.33. The lowest BCUT2D eigenvalue weighted by Crippen LogP contribution is -2.31. The number of hydrogen-bond acceptors (Lipinski definition) is 5. The van der Waals surface area contributed by atoms with Crippen molar-refractivity contribution in [2.45, 2.75) is 31.7 Å². The number of likely N-dealkylation sites (tertiary alicyclic amines) is 1. The van der Waals surface area contributed by atoms with Crippen LogP contribution in [0.4, 0.5) is 0 Å². The average Bonchev–Trinajstić information content (AvgIpc) is 3.52. The van der Waals surface area contributed by atoms with Gasteiger partial charge in [-0.2, -0.15) is 0 Å². The monoisotopic (exact) mass is 435 g/mol. The predicted octanol–water partition coefficient (Wildman–Crippen LogP) is 4.40. The maximum Gasteiger partial charge on any atom is 0.223 e. The first-order valence-corrected chi connectivity index (χ1v) is 10.8. The van der Waals surface area contributed by atoms with Crippen LogP contribution in [0, 0.1) is 0 Å². The number of aromatic nitrogens is 2. The summed E-state index contributed by atoms with van der Waals surface area (Å²) < 4.78 is 16.1. The predicted molar refractivity (Wildman–Crippen MR) is 122 cm³/mol. The second-order valence-electron chi connectivity index (χ2n) is 7.84. The summed E-state index contributed by atoms with van der Waals surface area (Å²) in [5.74, 6) is 3.27. The fraction of sp³-hybridized carbons (Fsp3) is 0.360. The molecule has 1 aliphatic rings. The minimum Gasteiger partial charge on any atom is -0.497 e. The van der Waals surface area contributed by atoms with Gasteiger partial charge in [0.1, 0.15) is 23.1 Å². The van der Waals surface area contributed by atoms with Crippen molar-refractivity contribution < 1.29 is 19.0 Å². The topological polar surface area (TPSA) is 76.7 Å². The largest absolute Gasteiger partial charge is 0.497 e. The normalized spacial score (nSPS) is 15.6. The first-order chi connectivity index (χ1) is 15.6. The first-order valence-electron chi connectivity index (χ1n) is 10.8. The molecule has 7 nitrogen and oxygen atoms in total. The van der Waals surface area contributed by atoms with Crippen molar-refractivity contribution in [2.75, 3.05) is 27.9 Å². The number of methoxy groups -OCH3 is 3. The Morgan fingerprint density at radius 2 is 1.91 bits per heavy atom. The van der Waals surface area contributed by atoms with Crippen LogP contribution in [-0.4, -0.2) is 48.6 Å². The second-order valence-corrected chi connectivity index (χ2v) is 7.84. The van der Waals surface area contributed by atoms with E-state index in [4.69, 9.17) is 14.2 Å². The summed E-state index contributed by atoms with van der Waals surface area (Å²) in [5, 5.41) is 0. The van der Waals surface area contributed by atoms with Crippen molar-refractivity contribution in [2.24, 2.45) is 0 Å². The van der Waals surface area contributed by atoms with Gasteiger partial charge in [-0.15, -0.1) is 0 Å². The van der Waals surface area contributed by atoms with E-state index in [2.05, 4.69) is 9.97 Å². The smallest absolute Gasteiger partial charge is 0.223 e. The molecule has 0 saturated carbocycles. The van der Waals surface area contributed by atoms with Gasteiger partial charge in [-0.3, -0.25) is 4.79 Å². The Morgan fingerprint density at radius 3 is 2.69 bits per heavy atom. The Labute approximate surface area is 188 Å². The van der Waals surface area contributed by atoms with Crippen LogP contribution in [-0.2, 0) is 11.2 Å². The number of carbonyl (C=O) groups excluding carboxylic acids is 1. The number of aryl methyl sites for hydroxylation is 1. The molecule has 0 spiro atoms. The first kappa shape index (κ1) is 21.7. The highest BCUT2D eigenvalue weighted by molar-refractivity contribution is 5.77. The van der Waals surface area contributed by atoms with Gasteiger partial charge < -0.3 is 24.1 Å². The van der Waals surface area contributed by atoms with E-state index in [1.165, 1.54) is 0 Å². The number of nitrogens with one attached hydrogen (secondary N) is 1. The van der Waals surface area contributed by atoms with Crippen LogP contribution in [0.5, 0.6) is 17.2 Å². The van der Waals surface area contributed by atoms with Gasteiger partial charge in [-0.1, -0.05) is 12.1 Å². The standard InChI is InChI=1S/C25H29N3O4/c1-30-19-7-4-6-17(14-19)21-16-26-25(27-21)22-8-5-13-28(22)24(29)12-9-18-15-20(31-2)10-11-23(18)32-3/h4,6-7,10-11,14-16,22H,5,8-9,12-13H2,1-3H3,(H,26,27). The van der Waals surface area contributed by atoms with Gasteiger partial charge in [0.25, 0.3) is 0 Å². The van der Waals surface area contributed by atoms with Crippen LogP contribution in [0.15, 0.2) is 48.7 Å². The molecular weight excluding hydrogens is 406 g/mol. The fourth-order valence-corrected chi connectivity index (χ4v) is 4.26. The lowest BCUT2D eigenvalue weighted by Gasteiger charge is -2.23. The minimum absolute atomic E-state index is 0.0333. The van der Waals surface area contributed by atoms with Gasteiger partial charge >= 0.3 is 0 Å². The summed E-state index contributed by atoms with van der Waals surface area (Å²) in [7, 11) is 4.93. The highest BCUT2D eigenvalue weighted by Gasteiger charge is 2.31. The maximum absolute atomic E-state index is 13.1. The SMILES string of the molecule is COc1cccc(-c2cnc(C3CCCN3C(=O)CCc3cc(OC)ccc3OC)[nH]2)c1. The molecular formula is C25H29N3O4. The molecule has 1 amide bonds. The van der Waals surface area contributed by atoms with E-state index in [0.717, 1.165) is 59.3 Å². The average molecular weight is 436 g/mol. The Balaban J connectivity index is 1.46. The number of benzene rings is 2. The molecule has 3 aromatic rings. The molecule has 2 heterocycles. The summed E-state index contributed by atoms with van der Waals surface area (Å²) in [4.78, 5) is 23.1. The van der Waals surface area contributed by atoms with E-state index in [1.54, 1.807) is 21.3 Å². The Kier molecular flexibility index (Phi) is 6.63. The molecule has 1 aliphatic heterocycles. The van der Waals surface area contributed by atoms with Crippen LogP contribution in [0.25, 0.3) is 11.3 Å². The third-order valence-corrected chi connectivity index (χ3v) is 5.96. The third-order valence-electron chi connectivity index (χ3n) is 5.96. The Hall–Kier alpha value is -3.48. The van der Waals surface area contributed by atoms with E-state index in [0.29, 0.717) is 12.8 Å². The molecule has 0 radical (unpaired) electrons. The Bertz CT molecular complexity index is 1080. The van der Waals surface area contributed by atoms with Crippen LogP contribution in [0.2, 0.25) is 0 Å². The van der Waals surface area contributed by atoms with E-state index < -0.39 is 0 Å². The highest BCUT2D eigenvalue weighted by atomic mass is 16.5. The molecule has 1 saturated heterocycles. The lowest BCUT2D eigenvalue weighted by atomic mass is 10.1. The summed E-state index contributed by atoms with van der Waals surface area (Å²) >= 11 is 0. The van der Waals surface area contributed by atoms with Crippen molar-refractivity contribution in [3.63, 3.8) is 0 Å². The van der Waals surface area contributed by atoms with E-state index >= 15 is 0 Å². The summed E-state index contributed by atoms with van der Waals surface area (Å²) in [6.07, 6.45) is 4.69. The molecule has 1 aromatic heterocycles. The number of H-pyrrole nitrogens is 1.